The Morgan fingerprint density at radius 2 is 2.46 bits per heavy atom. The Labute approximate surface area is 80.4 Å². The average molecular weight is 192 g/mol. The maximum Gasteiger partial charge on any atom is 0.154 e. The molecule has 5 heteroatoms. The third-order valence-corrected chi connectivity index (χ3v) is 1.82. The minimum atomic E-state index is 0.466. The molecule has 2 aromatic rings. The van der Waals surface area contributed by atoms with Crippen LogP contribution in [0.15, 0.2) is 24.7 Å². The van der Waals surface area contributed by atoms with Gasteiger partial charge >= 0.3 is 0 Å². The van der Waals surface area contributed by atoms with Crippen LogP contribution in [0.2, 0.25) is 0 Å². The molecule has 0 spiro atoms. The fourth-order valence-corrected chi connectivity index (χ4v) is 1.31. The second kappa shape index (κ2) is 3.10. The van der Waals surface area contributed by atoms with Gasteiger partial charge in [-0.15, -0.1) is 0 Å². The lowest BCUT2D eigenvalue weighted by atomic mass is 10.2. The number of hydrogen-bond donors (Lipinski definition) is 1. The van der Waals surface area contributed by atoms with E-state index in [4.69, 9.17) is 18.0 Å². The van der Waals surface area contributed by atoms with E-state index in [0.717, 1.165) is 11.2 Å². The molecule has 2 rings (SSSR count). The molecular weight excluding hydrogens is 184 g/mol. The smallest absolute Gasteiger partial charge is 0.154 e. The summed E-state index contributed by atoms with van der Waals surface area (Å²) in [7, 11) is 0. The fourth-order valence-electron chi connectivity index (χ4n) is 1.14. The zero-order valence-corrected chi connectivity index (χ0v) is 7.66. The third-order valence-electron chi connectivity index (χ3n) is 1.68. The van der Waals surface area contributed by atoms with E-state index in [-0.39, 0.29) is 0 Å². The molecular formula is C8H8N4S. The number of rotatable bonds is 2. The quantitative estimate of drug-likeness (QED) is 0.706. The van der Waals surface area contributed by atoms with E-state index in [9.17, 15) is 0 Å². The van der Waals surface area contributed by atoms with Gasteiger partial charge in [-0.3, -0.25) is 0 Å². The van der Waals surface area contributed by atoms with Gasteiger partial charge in [0.05, 0.1) is 11.2 Å². The van der Waals surface area contributed by atoms with E-state index in [1.165, 1.54) is 0 Å². The first kappa shape index (κ1) is 8.12. The van der Waals surface area contributed by atoms with Crippen LogP contribution in [-0.4, -0.2) is 19.6 Å². The summed E-state index contributed by atoms with van der Waals surface area (Å²) in [6.45, 7) is 0. The molecule has 0 aliphatic heterocycles. The van der Waals surface area contributed by atoms with E-state index in [2.05, 4.69) is 10.1 Å². The van der Waals surface area contributed by atoms with Crippen molar-refractivity contribution in [3.8, 4) is 0 Å². The lowest BCUT2D eigenvalue weighted by Crippen LogP contribution is -2.11. The van der Waals surface area contributed by atoms with Crippen molar-refractivity contribution < 1.29 is 0 Å². The standard InChI is InChI=1S/C8H8N4S/c9-7(13)3-6-4-10-8-1-2-11-12(8)5-6/h1-2,4-5H,3H2,(H2,9,13). The molecule has 0 saturated heterocycles. The minimum Gasteiger partial charge on any atom is -0.393 e. The summed E-state index contributed by atoms with van der Waals surface area (Å²) in [4.78, 5) is 4.65. The molecule has 4 nitrogen and oxygen atoms in total. The Kier molecular flexibility index (Phi) is 1.94. The van der Waals surface area contributed by atoms with Gasteiger partial charge in [0.15, 0.2) is 5.65 Å². The first-order chi connectivity index (χ1) is 6.25. The molecule has 66 valence electrons. The molecule has 0 unspecified atom stereocenters. The van der Waals surface area contributed by atoms with Gasteiger partial charge in [-0.25, -0.2) is 9.50 Å². The van der Waals surface area contributed by atoms with Crippen molar-refractivity contribution in [3.05, 3.63) is 30.2 Å². The lowest BCUT2D eigenvalue weighted by Gasteiger charge is -1.98. The summed E-state index contributed by atoms with van der Waals surface area (Å²) >= 11 is 4.80. The summed E-state index contributed by atoms with van der Waals surface area (Å²) in [5.74, 6) is 0. The van der Waals surface area contributed by atoms with Crippen molar-refractivity contribution in [2.75, 3.05) is 0 Å². The molecule has 0 fully saturated rings. The molecule has 0 aliphatic carbocycles. The van der Waals surface area contributed by atoms with Crippen molar-refractivity contribution in [1.29, 1.82) is 0 Å². The van der Waals surface area contributed by atoms with Crippen LogP contribution in [0.4, 0.5) is 0 Å². The van der Waals surface area contributed by atoms with Crippen LogP contribution in [0.3, 0.4) is 0 Å². The van der Waals surface area contributed by atoms with Crippen LogP contribution in [0, 0.1) is 0 Å². The summed E-state index contributed by atoms with van der Waals surface area (Å²) in [6.07, 6.45) is 5.91. The van der Waals surface area contributed by atoms with Gasteiger partial charge in [-0.2, -0.15) is 5.10 Å². The number of thiocarbonyl (C=S) groups is 1. The van der Waals surface area contributed by atoms with Gasteiger partial charge in [0, 0.05) is 24.9 Å². The first-order valence-electron chi connectivity index (χ1n) is 3.82. The molecule has 0 aromatic carbocycles. The predicted octanol–water partition coefficient (Wildman–Crippen LogP) is 0.558. The van der Waals surface area contributed by atoms with Crippen LogP contribution in [0.1, 0.15) is 5.56 Å². The monoisotopic (exact) mass is 192 g/mol. The van der Waals surface area contributed by atoms with E-state index in [0.29, 0.717) is 11.4 Å². The van der Waals surface area contributed by atoms with Gasteiger partial charge in [-0.05, 0) is 5.56 Å². The number of nitrogens with zero attached hydrogens (tertiary/aromatic N) is 3. The highest BCUT2D eigenvalue weighted by molar-refractivity contribution is 7.80. The van der Waals surface area contributed by atoms with Gasteiger partial charge < -0.3 is 5.73 Å². The van der Waals surface area contributed by atoms with Gasteiger partial charge in [0.1, 0.15) is 0 Å². The molecule has 13 heavy (non-hydrogen) atoms. The topological polar surface area (TPSA) is 56.2 Å². The zero-order chi connectivity index (χ0) is 9.26. The molecule has 0 bridgehead atoms. The molecule has 2 heterocycles. The van der Waals surface area contributed by atoms with Crippen LogP contribution in [0.25, 0.3) is 5.65 Å². The van der Waals surface area contributed by atoms with E-state index in [1.807, 2.05) is 12.3 Å². The molecule has 0 aliphatic rings. The van der Waals surface area contributed by atoms with E-state index in [1.54, 1.807) is 16.9 Å². The minimum absolute atomic E-state index is 0.466. The maximum atomic E-state index is 5.42. The number of fused-ring (bicyclic) bond motifs is 1. The van der Waals surface area contributed by atoms with E-state index < -0.39 is 0 Å². The van der Waals surface area contributed by atoms with Gasteiger partial charge in [-0.1, -0.05) is 12.2 Å². The Balaban J connectivity index is 2.42. The number of nitrogens with two attached hydrogens (primary N) is 1. The molecule has 0 radical (unpaired) electrons. The lowest BCUT2D eigenvalue weighted by molar-refractivity contribution is 0.923. The normalized spacial score (nSPS) is 10.5. The maximum absolute atomic E-state index is 5.42. The average Bonchev–Trinajstić information content (AvgIpc) is 2.49. The van der Waals surface area contributed by atoms with E-state index >= 15 is 0 Å². The molecule has 0 saturated carbocycles. The summed E-state index contributed by atoms with van der Waals surface area (Å²) in [6, 6.07) is 1.84. The van der Waals surface area contributed by atoms with Crippen LogP contribution < -0.4 is 5.73 Å². The highest BCUT2D eigenvalue weighted by atomic mass is 32.1. The first-order valence-corrected chi connectivity index (χ1v) is 4.23. The Morgan fingerprint density at radius 3 is 3.23 bits per heavy atom. The summed E-state index contributed by atoms with van der Waals surface area (Å²) < 4.78 is 1.70. The highest BCUT2D eigenvalue weighted by Gasteiger charge is 1.98. The molecule has 0 amide bonds. The number of aromatic nitrogens is 3. The SMILES string of the molecule is NC(=S)Cc1cnc2ccnn2c1. The van der Waals surface area contributed by atoms with Gasteiger partial charge in [0.2, 0.25) is 0 Å². The highest BCUT2D eigenvalue weighted by Crippen LogP contribution is 2.02. The largest absolute Gasteiger partial charge is 0.393 e. The summed E-state index contributed by atoms with van der Waals surface area (Å²) in [5.41, 5.74) is 7.22. The van der Waals surface area contributed by atoms with Crippen LogP contribution >= 0.6 is 12.2 Å². The molecule has 0 atom stereocenters. The predicted molar refractivity (Wildman–Crippen MR) is 53.5 cm³/mol. The zero-order valence-electron chi connectivity index (χ0n) is 6.84. The van der Waals surface area contributed by atoms with Crippen molar-refractivity contribution >= 4 is 22.9 Å². The number of hydrogen-bond acceptors (Lipinski definition) is 3. The molecule has 2 N–H and O–H groups in total. The second-order valence-corrected chi connectivity index (χ2v) is 3.26. The fraction of sp³-hybridized carbons (Fsp3) is 0.125. The Hall–Kier alpha value is -1.49. The van der Waals surface area contributed by atoms with Crippen molar-refractivity contribution in [2.45, 2.75) is 6.42 Å². The third kappa shape index (κ3) is 1.65. The van der Waals surface area contributed by atoms with Crippen molar-refractivity contribution in [2.24, 2.45) is 5.73 Å². The van der Waals surface area contributed by atoms with Crippen molar-refractivity contribution in [3.63, 3.8) is 0 Å². The van der Waals surface area contributed by atoms with Crippen molar-refractivity contribution in [1.82, 2.24) is 14.6 Å². The second-order valence-electron chi connectivity index (χ2n) is 2.74. The Morgan fingerprint density at radius 1 is 1.62 bits per heavy atom. The Bertz CT molecular complexity index is 448. The summed E-state index contributed by atoms with van der Waals surface area (Å²) in [5, 5.41) is 4.06. The van der Waals surface area contributed by atoms with Gasteiger partial charge in [0.25, 0.3) is 0 Å². The van der Waals surface area contributed by atoms with Crippen LogP contribution in [-0.2, 0) is 6.42 Å². The molecule has 2 aromatic heterocycles. The van der Waals surface area contributed by atoms with Crippen LogP contribution in [0.5, 0.6) is 0 Å².